The summed E-state index contributed by atoms with van der Waals surface area (Å²) in [5.41, 5.74) is -0.478. The van der Waals surface area contributed by atoms with Crippen LogP contribution in [0.1, 0.15) is 49.2 Å². The average Bonchev–Trinajstić information content (AvgIpc) is 2.82. The van der Waals surface area contributed by atoms with Crippen LogP contribution in [0.25, 0.3) is 0 Å². The Kier molecular flexibility index (Phi) is 4.92. The van der Waals surface area contributed by atoms with Gasteiger partial charge in [-0.15, -0.1) is 0 Å². The molecule has 0 bridgehead atoms. The Labute approximate surface area is 122 Å². The Balaban J connectivity index is 2.20. The van der Waals surface area contributed by atoms with Crippen LogP contribution in [0.5, 0.6) is 0 Å². The molecule has 1 aliphatic rings. The fourth-order valence-electron chi connectivity index (χ4n) is 2.45. The molecule has 0 saturated carbocycles. The number of rotatable bonds is 4. The second kappa shape index (κ2) is 6.51. The first-order valence-corrected chi connectivity index (χ1v) is 7.21. The van der Waals surface area contributed by atoms with E-state index in [4.69, 9.17) is 0 Å². The van der Waals surface area contributed by atoms with Gasteiger partial charge in [-0.2, -0.15) is 5.10 Å². The quantitative estimate of drug-likeness (QED) is 0.926. The molecule has 0 aromatic carbocycles. The molecule has 0 radical (unpaired) electrons. The van der Waals surface area contributed by atoms with Gasteiger partial charge in [0.25, 0.3) is 12.3 Å². The summed E-state index contributed by atoms with van der Waals surface area (Å²) in [5.74, 6) is -0.219. The molecule has 1 N–H and O–H groups in total. The molecule has 1 aliphatic heterocycles. The molecule has 0 unspecified atom stereocenters. The van der Waals surface area contributed by atoms with E-state index in [1.807, 2.05) is 13.8 Å². The number of alkyl halides is 2. The largest absolute Gasteiger partial charge is 0.393 e. The van der Waals surface area contributed by atoms with Gasteiger partial charge in [-0.3, -0.25) is 9.48 Å². The molecule has 1 fully saturated rings. The molecule has 0 spiro atoms. The van der Waals surface area contributed by atoms with Crippen LogP contribution >= 0.6 is 0 Å². The van der Waals surface area contributed by atoms with Crippen molar-refractivity contribution in [1.29, 1.82) is 0 Å². The third-order valence-electron chi connectivity index (χ3n) is 3.53. The summed E-state index contributed by atoms with van der Waals surface area (Å²) in [5, 5.41) is 13.5. The van der Waals surface area contributed by atoms with Crippen LogP contribution in [0.15, 0.2) is 6.20 Å². The van der Waals surface area contributed by atoms with Crippen LogP contribution in [0.4, 0.5) is 8.78 Å². The summed E-state index contributed by atoms with van der Waals surface area (Å²) in [6.45, 7) is 5.15. The van der Waals surface area contributed by atoms with Gasteiger partial charge in [-0.25, -0.2) is 8.78 Å². The van der Waals surface area contributed by atoms with Crippen molar-refractivity contribution in [2.75, 3.05) is 13.1 Å². The third-order valence-corrected chi connectivity index (χ3v) is 3.53. The van der Waals surface area contributed by atoms with Crippen LogP contribution in [0, 0.1) is 5.92 Å². The van der Waals surface area contributed by atoms with E-state index < -0.39 is 18.4 Å². The van der Waals surface area contributed by atoms with Crippen molar-refractivity contribution >= 4 is 5.91 Å². The number of amides is 1. The monoisotopic (exact) mass is 301 g/mol. The number of aliphatic hydroxyl groups excluding tert-OH is 1. The number of carbonyl (C=O) groups is 1. The fraction of sp³-hybridized carbons (Fsp3) is 0.714. The molecule has 0 atom stereocenters. The standard InChI is InChI=1S/C14H21F2N3O2/c1-9(2)7-19-8-11(13(15)16)12(17-19)14(21)18-5-3-10(20)4-6-18/h8-10,13,20H,3-7H2,1-2H3. The van der Waals surface area contributed by atoms with Crippen molar-refractivity contribution in [3.63, 3.8) is 0 Å². The van der Waals surface area contributed by atoms with Crippen LogP contribution in [0.3, 0.4) is 0 Å². The van der Waals surface area contributed by atoms with E-state index in [2.05, 4.69) is 5.10 Å². The van der Waals surface area contributed by atoms with E-state index in [1.165, 1.54) is 15.8 Å². The topological polar surface area (TPSA) is 58.4 Å². The number of piperidine rings is 1. The first-order chi connectivity index (χ1) is 9.88. The maximum atomic E-state index is 13.1. The second-order valence-electron chi connectivity index (χ2n) is 5.87. The van der Waals surface area contributed by atoms with Crippen LogP contribution < -0.4 is 0 Å². The van der Waals surface area contributed by atoms with Gasteiger partial charge in [0.05, 0.1) is 11.7 Å². The molecule has 2 heterocycles. The van der Waals surface area contributed by atoms with Crippen molar-refractivity contribution in [2.45, 2.75) is 45.8 Å². The first kappa shape index (κ1) is 15.9. The predicted octanol–water partition coefficient (Wildman–Crippen LogP) is 2.07. The highest BCUT2D eigenvalue weighted by Crippen LogP contribution is 2.24. The first-order valence-electron chi connectivity index (χ1n) is 7.21. The van der Waals surface area contributed by atoms with Gasteiger partial charge in [0, 0.05) is 25.8 Å². The Morgan fingerprint density at radius 1 is 1.43 bits per heavy atom. The van der Waals surface area contributed by atoms with Gasteiger partial charge >= 0.3 is 0 Å². The highest BCUT2D eigenvalue weighted by Gasteiger charge is 2.29. The van der Waals surface area contributed by atoms with Gasteiger partial charge < -0.3 is 10.0 Å². The van der Waals surface area contributed by atoms with Crippen LogP contribution in [-0.4, -0.2) is 44.9 Å². The zero-order valence-corrected chi connectivity index (χ0v) is 12.3. The van der Waals surface area contributed by atoms with Gasteiger partial charge in [0.15, 0.2) is 5.69 Å². The Morgan fingerprint density at radius 2 is 2.05 bits per heavy atom. The number of carbonyl (C=O) groups excluding carboxylic acids is 1. The summed E-state index contributed by atoms with van der Waals surface area (Å²) < 4.78 is 27.6. The van der Waals surface area contributed by atoms with Crippen LogP contribution in [-0.2, 0) is 6.54 Å². The van der Waals surface area contributed by atoms with E-state index in [1.54, 1.807) is 0 Å². The minimum absolute atomic E-state index is 0.165. The summed E-state index contributed by atoms with van der Waals surface area (Å²) >= 11 is 0. The van der Waals surface area contributed by atoms with Crippen molar-refractivity contribution in [1.82, 2.24) is 14.7 Å². The molecule has 1 saturated heterocycles. The number of aliphatic hydroxyl groups is 1. The molecule has 118 valence electrons. The summed E-state index contributed by atoms with van der Waals surface area (Å²) in [4.78, 5) is 13.9. The lowest BCUT2D eigenvalue weighted by atomic mass is 10.1. The van der Waals surface area contributed by atoms with E-state index in [0.717, 1.165) is 0 Å². The lowest BCUT2D eigenvalue weighted by Crippen LogP contribution is -2.40. The minimum Gasteiger partial charge on any atom is -0.393 e. The summed E-state index contributed by atoms with van der Waals surface area (Å²) in [7, 11) is 0. The molecule has 1 aromatic heterocycles. The number of likely N-dealkylation sites (tertiary alicyclic amines) is 1. The smallest absolute Gasteiger partial charge is 0.274 e. The highest BCUT2D eigenvalue weighted by molar-refractivity contribution is 5.93. The van der Waals surface area contributed by atoms with E-state index in [0.29, 0.717) is 32.5 Å². The third kappa shape index (κ3) is 3.78. The Morgan fingerprint density at radius 3 is 2.57 bits per heavy atom. The number of hydrogen-bond acceptors (Lipinski definition) is 3. The van der Waals surface area contributed by atoms with Crippen molar-refractivity contribution in [2.24, 2.45) is 5.92 Å². The Hall–Kier alpha value is -1.50. The number of nitrogens with zero attached hydrogens (tertiary/aromatic N) is 3. The SMILES string of the molecule is CC(C)Cn1cc(C(F)F)c(C(=O)N2CCC(O)CC2)n1. The molecule has 2 rings (SSSR count). The lowest BCUT2D eigenvalue weighted by molar-refractivity contribution is 0.0532. The Bertz CT molecular complexity index is 494. The average molecular weight is 301 g/mol. The van der Waals surface area contributed by atoms with Gasteiger partial charge in [-0.1, -0.05) is 13.8 Å². The predicted molar refractivity (Wildman–Crippen MR) is 73.2 cm³/mol. The molecule has 7 heteroatoms. The zero-order valence-electron chi connectivity index (χ0n) is 12.3. The van der Waals surface area contributed by atoms with Gasteiger partial charge in [0.2, 0.25) is 0 Å². The second-order valence-corrected chi connectivity index (χ2v) is 5.87. The van der Waals surface area contributed by atoms with E-state index in [-0.39, 0.29) is 17.2 Å². The van der Waals surface area contributed by atoms with Crippen molar-refractivity contribution in [3.05, 3.63) is 17.5 Å². The van der Waals surface area contributed by atoms with Crippen molar-refractivity contribution in [3.8, 4) is 0 Å². The molecule has 1 aromatic rings. The van der Waals surface area contributed by atoms with Gasteiger partial charge in [0.1, 0.15) is 0 Å². The highest BCUT2D eigenvalue weighted by atomic mass is 19.3. The molecule has 0 aliphatic carbocycles. The lowest BCUT2D eigenvalue weighted by Gasteiger charge is -2.29. The van der Waals surface area contributed by atoms with Gasteiger partial charge in [-0.05, 0) is 18.8 Å². The van der Waals surface area contributed by atoms with Crippen molar-refractivity contribution < 1.29 is 18.7 Å². The minimum atomic E-state index is -2.72. The molecular weight excluding hydrogens is 280 g/mol. The molecule has 5 nitrogen and oxygen atoms in total. The molecule has 1 amide bonds. The summed E-state index contributed by atoms with van der Waals surface area (Å²) in [6.07, 6.45) is -0.927. The maximum Gasteiger partial charge on any atom is 0.274 e. The van der Waals surface area contributed by atoms with Crippen LogP contribution in [0.2, 0.25) is 0 Å². The molecular formula is C14H21F2N3O2. The number of halogens is 2. The fourth-order valence-corrected chi connectivity index (χ4v) is 2.45. The maximum absolute atomic E-state index is 13.1. The normalized spacial score (nSPS) is 17.0. The molecule has 21 heavy (non-hydrogen) atoms. The number of aromatic nitrogens is 2. The zero-order chi connectivity index (χ0) is 15.6. The summed E-state index contributed by atoms with van der Waals surface area (Å²) in [6, 6.07) is 0. The van der Waals surface area contributed by atoms with E-state index >= 15 is 0 Å². The van der Waals surface area contributed by atoms with E-state index in [9.17, 15) is 18.7 Å². The number of hydrogen-bond donors (Lipinski definition) is 1.